The lowest BCUT2D eigenvalue weighted by atomic mass is 9.41. The largest absolute Gasteiger partial charge is 0.397 e. The molecular formula is C25H42O6S. The summed E-state index contributed by atoms with van der Waals surface area (Å²) in [4.78, 5) is 12.3. The Balaban J connectivity index is 1.56. The van der Waals surface area contributed by atoms with Crippen molar-refractivity contribution in [1.82, 2.24) is 0 Å². The Labute approximate surface area is 193 Å². The third-order valence-corrected chi connectivity index (χ3v) is 11.3. The van der Waals surface area contributed by atoms with E-state index in [1.165, 1.54) is 0 Å². The molecule has 4 saturated carbocycles. The molecule has 184 valence electrons. The summed E-state index contributed by atoms with van der Waals surface area (Å²) in [6.07, 6.45) is 7.94. The second-order valence-electron chi connectivity index (χ2n) is 12.0. The molecule has 0 saturated heterocycles. The smallest absolute Gasteiger partial charge is 0.393 e. The van der Waals surface area contributed by atoms with Crippen molar-refractivity contribution in [2.45, 2.75) is 91.6 Å². The Morgan fingerprint density at radius 2 is 1.78 bits per heavy atom. The van der Waals surface area contributed by atoms with Crippen LogP contribution in [0.25, 0.3) is 0 Å². The first kappa shape index (κ1) is 24.6. The highest BCUT2D eigenvalue weighted by molar-refractivity contribution is 7.80. The SMILES string of the molecule is CC[C@H]1[C@@H](O)[C@@H]2[C@H](CC[C@]3(C)[C@@H]([C@H](C)CCOS(=O)(=O)O)CC[C@@H]23)[C@@]2(C)CCC(=O)C[C@@H]12. The quantitative estimate of drug-likeness (QED) is 0.547. The lowest BCUT2D eigenvalue weighted by molar-refractivity contribution is -0.194. The predicted octanol–water partition coefficient (Wildman–Crippen LogP) is 4.67. The highest BCUT2D eigenvalue weighted by Gasteiger charge is 2.64. The second kappa shape index (κ2) is 8.62. The number of rotatable bonds is 6. The molecule has 0 aliphatic heterocycles. The lowest BCUT2D eigenvalue weighted by Crippen LogP contribution is -2.61. The fourth-order valence-electron chi connectivity index (χ4n) is 9.28. The Bertz CT molecular complexity index is 826. The van der Waals surface area contributed by atoms with Crippen LogP contribution in [0.2, 0.25) is 0 Å². The van der Waals surface area contributed by atoms with Gasteiger partial charge in [-0.2, -0.15) is 8.42 Å². The van der Waals surface area contributed by atoms with E-state index < -0.39 is 10.4 Å². The van der Waals surface area contributed by atoms with Crippen LogP contribution in [0.15, 0.2) is 0 Å². The van der Waals surface area contributed by atoms with Gasteiger partial charge in [0.2, 0.25) is 0 Å². The number of carbonyl (C=O) groups is 1. The van der Waals surface area contributed by atoms with E-state index in [4.69, 9.17) is 4.55 Å². The number of Topliss-reactive ketones (excluding diaryl/α,β-unsaturated/α-hetero) is 1. The van der Waals surface area contributed by atoms with Crippen molar-refractivity contribution >= 4 is 16.2 Å². The number of fused-ring (bicyclic) bond motifs is 5. The molecule has 6 nitrogen and oxygen atoms in total. The molecular weight excluding hydrogens is 428 g/mol. The molecule has 7 heteroatoms. The third kappa shape index (κ3) is 3.99. The van der Waals surface area contributed by atoms with Crippen LogP contribution < -0.4 is 0 Å². The van der Waals surface area contributed by atoms with E-state index in [1.54, 1.807) is 0 Å². The number of carbonyl (C=O) groups excluding carboxylic acids is 1. The Morgan fingerprint density at radius 3 is 2.44 bits per heavy atom. The number of aliphatic hydroxyl groups is 1. The lowest BCUT2D eigenvalue weighted by Gasteiger charge is -2.64. The molecule has 0 radical (unpaired) electrons. The van der Waals surface area contributed by atoms with Crippen molar-refractivity contribution in [1.29, 1.82) is 0 Å². The van der Waals surface area contributed by atoms with Gasteiger partial charge in [0.25, 0.3) is 0 Å². The number of hydrogen-bond acceptors (Lipinski definition) is 5. The van der Waals surface area contributed by atoms with E-state index in [1.807, 2.05) is 0 Å². The number of hydrogen-bond donors (Lipinski definition) is 2. The maximum atomic E-state index is 12.3. The van der Waals surface area contributed by atoms with Crippen molar-refractivity contribution in [3.8, 4) is 0 Å². The molecule has 0 aromatic rings. The van der Waals surface area contributed by atoms with Crippen molar-refractivity contribution < 1.29 is 27.1 Å². The standard InChI is InChI=1S/C25H42O6S/c1-5-17-21-14-16(26)8-11-25(21,4)20-9-12-24(3)18(6-7-19(24)22(20)23(17)27)15(2)10-13-31-32(28,29)30/h15,17-23,27H,5-14H2,1-4H3,(H,28,29,30)/t15-,17-,18-,19+,20+,21+,22+,23-,24-,25-/m1/s1. The highest BCUT2D eigenvalue weighted by atomic mass is 32.3. The van der Waals surface area contributed by atoms with Crippen LogP contribution in [0, 0.1) is 52.3 Å². The first-order chi connectivity index (χ1) is 14.9. The molecule has 4 aliphatic carbocycles. The number of ketones is 1. The van der Waals surface area contributed by atoms with Gasteiger partial charge in [-0.25, -0.2) is 4.18 Å². The Kier molecular flexibility index (Phi) is 6.63. The molecule has 10 atom stereocenters. The Hall–Kier alpha value is -0.500. The van der Waals surface area contributed by atoms with Gasteiger partial charge in [-0.05, 0) is 90.8 Å². The van der Waals surface area contributed by atoms with Crippen molar-refractivity contribution in [3.05, 3.63) is 0 Å². The van der Waals surface area contributed by atoms with Gasteiger partial charge in [0.05, 0.1) is 12.7 Å². The first-order valence-corrected chi connectivity index (χ1v) is 14.1. The van der Waals surface area contributed by atoms with Crippen LogP contribution in [0.1, 0.15) is 85.5 Å². The molecule has 4 rings (SSSR count). The summed E-state index contributed by atoms with van der Waals surface area (Å²) in [5, 5.41) is 11.7. The third-order valence-electron chi connectivity index (χ3n) is 10.8. The molecule has 4 aliphatic rings. The van der Waals surface area contributed by atoms with Gasteiger partial charge in [-0.15, -0.1) is 0 Å². The topological polar surface area (TPSA) is 101 Å². The molecule has 0 amide bonds. The van der Waals surface area contributed by atoms with E-state index in [0.29, 0.717) is 60.6 Å². The minimum atomic E-state index is -4.39. The summed E-state index contributed by atoms with van der Waals surface area (Å²) in [7, 11) is -4.39. The maximum Gasteiger partial charge on any atom is 0.397 e. The maximum absolute atomic E-state index is 12.3. The minimum absolute atomic E-state index is 0.0115. The van der Waals surface area contributed by atoms with Crippen LogP contribution in [0.4, 0.5) is 0 Å². The highest BCUT2D eigenvalue weighted by Crippen LogP contribution is 2.69. The average molecular weight is 471 g/mol. The molecule has 2 N–H and O–H groups in total. The van der Waals surface area contributed by atoms with E-state index in [0.717, 1.165) is 38.5 Å². The fourth-order valence-corrected chi connectivity index (χ4v) is 9.59. The van der Waals surface area contributed by atoms with Crippen molar-refractivity contribution in [2.24, 2.45) is 52.3 Å². The summed E-state index contributed by atoms with van der Waals surface area (Å²) in [6.45, 7) is 9.18. The fraction of sp³-hybridized carbons (Fsp3) is 0.960. The molecule has 0 unspecified atom stereocenters. The van der Waals surface area contributed by atoms with Crippen LogP contribution in [0.3, 0.4) is 0 Å². The molecule has 0 bridgehead atoms. The van der Waals surface area contributed by atoms with Gasteiger partial charge in [-0.3, -0.25) is 9.35 Å². The zero-order chi connectivity index (χ0) is 23.5. The molecule has 0 spiro atoms. The number of aliphatic hydroxyl groups excluding tert-OH is 1. The summed E-state index contributed by atoms with van der Waals surface area (Å²) in [5.74, 6) is 2.88. The van der Waals surface area contributed by atoms with E-state index in [-0.39, 0.29) is 29.5 Å². The summed E-state index contributed by atoms with van der Waals surface area (Å²) in [5.41, 5.74) is 0.276. The van der Waals surface area contributed by atoms with Crippen LogP contribution in [-0.4, -0.2) is 36.6 Å². The van der Waals surface area contributed by atoms with Crippen molar-refractivity contribution in [2.75, 3.05) is 6.61 Å². The monoisotopic (exact) mass is 470 g/mol. The van der Waals surface area contributed by atoms with Crippen LogP contribution in [0.5, 0.6) is 0 Å². The molecule has 0 aromatic heterocycles. The van der Waals surface area contributed by atoms with Gasteiger partial charge in [0, 0.05) is 12.8 Å². The van der Waals surface area contributed by atoms with Crippen molar-refractivity contribution in [3.63, 3.8) is 0 Å². The van der Waals surface area contributed by atoms with Gasteiger partial charge in [0.15, 0.2) is 0 Å². The summed E-state index contributed by atoms with van der Waals surface area (Å²) in [6, 6.07) is 0. The van der Waals surface area contributed by atoms with E-state index in [2.05, 4.69) is 31.9 Å². The van der Waals surface area contributed by atoms with Gasteiger partial charge in [-0.1, -0.05) is 34.1 Å². The minimum Gasteiger partial charge on any atom is -0.393 e. The molecule has 4 fully saturated rings. The second-order valence-corrected chi connectivity index (χ2v) is 13.0. The predicted molar refractivity (Wildman–Crippen MR) is 122 cm³/mol. The van der Waals surface area contributed by atoms with Crippen LogP contribution >= 0.6 is 0 Å². The van der Waals surface area contributed by atoms with Gasteiger partial charge < -0.3 is 5.11 Å². The van der Waals surface area contributed by atoms with Gasteiger partial charge >= 0.3 is 10.4 Å². The van der Waals surface area contributed by atoms with E-state index in [9.17, 15) is 18.3 Å². The Morgan fingerprint density at radius 1 is 1.09 bits per heavy atom. The summed E-state index contributed by atoms with van der Waals surface area (Å²) >= 11 is 0. The molecule has 0 heterocycles. The zero-order valence-corrected chi connectivity index (χ0v) is 20.9. The summed E-state index contributed by atoms with van der Waals surface area (Å²) < 4.78 is 35.3. The first-order valence-electron chi connectivity index (χ1n) is 12.7. The molecule has 0 aromatic carbocycles. The normalized spacial score (nSPS) is 47.4. The average Bonchev–Trinajstić information content (AvgIpc) is 3.06. The van der Waals surface area contributed by atoms with Gasteiger partial charge in [0.1, 0.15) is 5.78 Å². The van der Waals surface area contributed by atoms with E-state index >= 15 is 0 Å². The van der Waals surface area contributed by atoms with Crippen LogP contribution in [-0.2, 0) is 19.4 Å². The zero-order valence-electron chi connectivity index (χ0n) is 20.1. The molecule has 32 heavy (non-hydrogen) atoms.